The Balaban J connectivity index is 3.47. The standard InChI is InChI=1S/C4H5FO4/c1-8-3(6)2-4(7)9-5/h2H2,1H3. The maximum Gasteiger partial charge on any atom is 0.359 e. The summed E-state index contributed by atoms with van der Waals surface area (Å²) < 4.78 is 14.8. The van der Waals surface area contributed by atoms with Gasteiger partial charge in [0.2, 0.25) is 0 Å². The zero-order valence-corrected chi connectivity index (χ0v) is 4.72. The van der Waals surface area contributed by atoms with E-state index >= 15 is 0 Å². The van der Waals surface area contributed by atoms with Gasteiger partial charge in [0.1, 0.15) is 6.42 Å². The van der Waals surface area contributed by atoms with E-state index in [4.69, 9.17) is 0 Å². The summed E-state index contributed by atoms with van der Waals surface area (Å²) in [5.41, 5.74) is 0. The van der Waals surface area contributed by atoms with Crippen LogP contribution in [0.3, 0.4) is 0 Å². The van der Waals surface area contributed by atoms with Gasteiger partial charge < -0.3 is 4.74 Å². The van der Waals surface area contributed by atoms with E-state index in [1.807, 2.05) is 0 Å². The van der Waals surface area contributed by atoms with Crippen molar-refractivity contribution in [3.05, 3.63) is 0 Å². The maximum absolute atomic E-state index is 10.8. The Hall–Kier alpha value is -1.13. The van der Waals surface area contributed by atoms with Crippen molar-refractivity contribution in [2.45, 2.75) is 6.42 Å². The number of carbonyl (C=O) groups is 2. The van der Waals surface area contributed by atoms with E-state index in [2.05, 4.69) is 9.68 Å². The van der Waals surface area contributed by atoms with Crippen molar-refractivity contribution < 1.29 is 23.8 Å². The van der Waals surface area contributed by atoms with E-state index in [9.17, 15) is 14.1 Å². The molecule has 0 aliphatic rings. The highest BCUT2D eigenvalue weighted by Crippen LogP contribution is 1.88. The van der Waals surface area contributed by atoms with Gasteiger partial charge in [-0.2, -0.15) is 0 Å². The normalized spacial score (nSPS) is 8.22. The molecule has 52 valence electrons. The quantitative estimate of drug-likeness (QED) is 0.395. The van der Waals surface area contributed by atoms with Crippen molar-refractivity contribution in [2.24, 2.45) is 0 Å². The van der Waals surface area contributed by atoms with Crippen LogP contribution in [0.1, 0.15) is 6.42 Å². The number of methoxy groups -OCH3 is 1. The molecule has 0 aromatic heterocycles. The lowest BCUT2D eigenvalue weighted by Gasteiger charge is -1.91. The van der Waals surface area contributed by atoms with Gasteiger partial charge in [0.15, 0.2) is 0 Å². The summed E-state index contributed by atoms with van der Waals surface area (Å²) in [4.78, 5) is 22.7. The van der Waals surface area contributed by atoms with Gasteiger partial charge >= 0.3 is 11.9 Å². The summed E-state index contributed by atoms with van der Waals surface area (Å²) in [5.74, 6) is -2.07. The zero-order valence-electron chi connectivity index (χ0n) is 4.72. The summed E-state index contributed by atoms with van der Waals surface area (Å²) in [5, 5.41) is 0. The molecule has 9 heavy (non-hydrogen) atoms. The van der Waals surface area contributed by atoms with E-state index < -0.39 is 18.4 Å². The molecule has 0 fully saturated rings. The lowest BCUT2D eigenvalue weighted by atomic mass is 10.4. The first-order chi connectivity index (χ1) is 4.20. The average Bonchev–Trinajstić information content (AvgIpc) is 1.87. The predicted octanol–water partition coefficient (Wildman–Crippen LogP) is -0.0228. The summed E-state index contributed by atoms with van der Waals surface area (Å²) in [6, 6.07) is 0. The molecule has 0 amide bonds. The van der Waals surface area contributed by atoms with Gasteiger partial charge in [-0.3, -0.25) is 9.74 Å². The lowest BCUT2D eigenvalue weighted by molar-refractivity contribution is -0.185. The van der Waals surface area contributed by atoms with Crippen molar-refractivity contribution >= 4 is 11.9 Å². The summed E-state index contributed by atoms with van der Waals surface area (Å²) >= 11 is 0. The van der Waals surface area contributed by atoms with Crippen LogP contribution in [0.15, 0.2) is 0 Å². The minimum Gasteiger partial charge on any atom is -0.469 e. The smallest absolute Gasteiger partial charge is 0.359 e. The molecule has 0 saturated heterocycles. The van der Waals surface area contributed by atoms with E-state index in [1.54, 1.807) is 0 Å². The Labute approximate surface area is 50.5 Å². The van der Waals surface area contributed by atoms with E-state index in [-0.39, 0.29) is 0 Å². The van der Waals surface area contributed by atoms with Gasteiger partial charge in [-0.05, 0) is 0 Å². The maximum atomic E-state index is 10.8. The molecule has 0 aliphatic carbocycles. The van der Waals surface area contributed by atoms with Crippen LogP contribution in [0.2, 0.25) is 0 Å². The molecular formula is C4H5FO4. The number of halogens is 1. The molecule has 4 nitrogen and oxygen atoms in total. The third kappa shape index (κ3) is 3.45. The topological polar surface area (TPSA) is 52.6 Å². The molecule has 0 aliphatic heterocycles. The predicted molar refractivity (Wildman–Crippen MR) is 23.8 cm³/mol. The summed E-state index contributed by atoms with van der Waals surface area (Å²) in [6.45, 7) is 0. The fourth-order valence-electron chi connectivity index (χ4n) is 0.217. The summed E-state index contributed by atoms with van der Waals surface area (Å²) in [6.07, 6.45) is -0.688. The van der Waals surface area contributed by atoms with Crippen molar-refractivity contribution in [1.29, 1.82) is 0 Å². The highest BCUT2D eigenvalue weighted by Gasteiger charge is 2.10. The SMILES string of the molecule is COC(=O)CC(=O)OF. The van der Waals surface area contributed by atoms with E-state index in [1.165, 1.54) is 0 Å². The van der Waals surface area contributed by atoms with Gasteiger partial charge in [-0.15, -0.1) is 0 Å². The molecular weight excluding hydrogens is 131 g/mol. The summed E-state index contributed by atoms with van der Waals surface area (Å²) in [7, 11) is 1.09. The molecule has 5 heteroatoms. The lowest BCUT2D eigenvalue weighted by Crippen LogP contribution is -2.08. The Morgan fingerprint density at radius 2 is 2.00 bits per heavy atom. The Morgan fingerprint density at radius 3 is 2.33 bits per heavy atom. The average molecular weight is 136 g/mol. The fraction of sp³-hybridized carbons (Fsp3) is 0.500. The van der Waals surface area contributed by atoms with Gasteiger partial charge in [0.05, 0.1) is 7.11 Å². The molecule has 0 saturated carbocycles. The van der Waals surface area contributed by atoms with Crippen LogP contribution < -0.4 is 0 Å². The van der Waals surface area contributed by atoms with Gasteiger partial charge in [0, 0.05) is 4.53 Å². The third-order valence-electron chi connectivity index (χ3n) is 0.602. The zero-order chi connectivity index (χ0) is 7.28. The van der Waals surface area contributed by atoms with E-state index in [0.29, 0.717) is 0 Å². The molecule has 0 N–H and O–H groups in total. The Kier molecular flexibility index (Phi) is 3.34. The number of hydrogen-bond acceptors (Lipinski definition) is 4. The van der Waals surface area contributed by atoms with Gasteiger partial charge in [0.25, 0.3) is 0 Å². The van der Waals surface area contributed by atoms with Crippen molar-refractivity contribution in [1.82, 2.24) is 0 Å². The van der Waals surface area contributed by atoms with Gasteiger partial charge in [-0.25, -0.2) is 4.79 Å². The van der Waals surface area contributed by atoms with Crippen LogP contribution in [-0.4, -0.2) is 19.0 Å². The number of carbonyl (C=O) groups excluding carboxylic acids is 2. The van der Waals surface area contributed by atoms with Crippen LogP contribution in [0.5, 0.6) is 0 Å². The minimum atomic E-state index is -1.25. The molecule has 0 aromatic rings. The van der Waals surface area contributed by atoms with Crippen molar-refractivity contribution in [2.75, 3.05) is 7.11 Å². The second-order valence-corrected chi connectivity index (χ2v) is 1.20. The molecule has 0 rings (SSSR count). The van der Waals surface area contributed by atoms with E-state index in [0.717, 1.165) is 7.11 Å². The molecule has 0 atom stereocenters. The first-order valence-corrected chi connectivity index (χ1v) is 2.09. The monoisotopic (exact) mass is 136 g/mol. The minimum absolute atomic E-state index is 0.688. The molecule has 0 aromatic carbocycles. The number of esters is 1. The number of rotatable bonds is 2. The molecule has 0 heterocycles. The van der Waals surface area contributed by atoms with Gasteiger partial charge in [-0.1, -0.05) is 0 Å². The number of hydrogen-bond donors (Lipinski definition) is 0. The first kappa shape index (κ1) is 7.87. The highest BCUT2D eigenvalue weighted by atomic mass is 19.3. The van der Waals surface area contributed by atoms with Crippen molar-refractivity contribution in [3.63, 3.8) is 0 Å². The van der Waals surface area contributed by atoms with Crippen LogP contribution in [0, 0.1) is 0 Å². The van der Waals surface area contributed by atoms with Crippen molar-refractivity contribution in [3.8, 4) is 0 Å². The molecule has 0 spiro atoms. The second kappa shape index (κ2) is 3.82. The number of ether oxygens (including phenoxy) is 1. The largest absolute Gasteiger partial charge is 0.469 e. The van der Waals surface area contributed by atoms with Crippen LogP contribution in [-0.2, 0) is 19.3 Å². The van der Waals surface area contributed by atoms with Crippen LogP contribution in [0.4, 0.5) is 4.53 Å². The van der Waals surface area contributed by atoms with Crippen LogP contribution in [0.25, 0.3) is 0 Å². The molecule has 0 bridgehead atoms. The Morgan fingerprint density at radius 1 is 1.44 bits per heavy atom. The van der Waals surface area contributed by atoms with Crippen LogP contribution >= 0.6 is 0 Å². The first-order valence-electron chi connectivity index (χ1n) is 2.09. The fourth-order valence-corrected chi connectivity index (χ4v) is 0.217. The molecule has 0 unspecified atom stereocenters. The Bertz CT molecular complexity index is 108. The third-order valence-corrected chi connectivity index (χ3v) is 0.602. The second-order valence-electron chi connectivity index (χ2n) is 1.20. The highest BCUT2D eigenvalue weighted by molar-refractivity contribution is 5.90. The molecule has 0 radical (unpaired) electrons.